The van der Waals surface area contributed by atoms with Crippen LogP contribution >= 0.6 is 0 Å². The zero-order valence-corrected chi connectivity index (χ0v) is 27.2. The van der Waals surface area contributed by atoms with Gasteiger partial charge in [-0.3, -0.25) is 9.59 Å². The fourth-order valence-electron chi connectivity index (χ4n) is 5.83. The highest BCUT2D eigenvalue weighted by atomic mass is 16.5. The number of hydrogen-bond donors (Lipinski definition) is 3. The summed E-state index contributed by atoms with van der Waals surface area (Å²) in [6, 6.07) is 33.9. The Bertz CT molecular complexity index is 1870. The molecule has 0 saturated heterocycles. The third-order valence-electron chi connectivity index (χ3n) is 8.23. The highest BCUT2D eigenvalue weighted by molar-refractivity contribution is 5.94. The van der Waals surface area contributed by atoms with E-state index < -0.39 is 36.0 Å². The standard InChI is InChI=1S/C40H41N3O5/c1-27(2)21-34(25-44)41-38(45)37(24-33-17-10-16-31-14-8-9-18-35(31)33)42-39(46)36(43-40(47)48-26-28-11-4-3-5-12-28)23-29-19-20-30-13-6-7-15-32(30)22-29/h3-20,22,25,27,34,36-37H,21,23-24,26H2,1-2H3,(H,41,45)(H,42,46)(H,43,47)/t34-,36-,37?/m0/s1. The molecule has 0 fully saturated rings. The molecule has 8 nitrogen and oxygen atoms in total. The van der Waals surface area contributed by atoms with Crippen molar-refractivity contribution in [3.8, 4) is 0 Å². The largest absolute Gasteiger partial charge is 0.445 e. The summed E-state index contributed by atoms with van der Waals surface area (Å²) < 4.78 is 5.47. The van der Waals surface area contributed by atoms with E-state index in [4.69, 9.17) is 4.74 Å². The molecule has 3 N–H and O–H groups in total. The van der Waals surface area contributed by atoms with Crippen LogP contribution in [0.1, 0.15) is 37.0 Å². The Morgan fingerprint density at radius 2 is 1.29 bits per heavy atom. The molecule has 1 unspecified atom stereocenters. The summed E-state index contributed by atoms with van der Waals surface area (Å²) in [5, 5.41) is 12.5. The minimum absolute atomic E-state index is 0.0338. The maximum absolute atomic E-state index is 14.1. The minimum atomic E-state index is -1.06. The van der Waals surface area contributed by atoms with Crippen molar-refractivity contribution >= 4 is 45.7 Å². The highest BCUT2D eigenvalue weighted by Gasteiger charge is 2.29. The number of benzene rings is 5. The zero-order chi connectivity index (χ0) is 33.9. The van der Waals surface area contributed by atoms with Crippen molar-refractivity contribution in [3.63, 3.8) is 0 Å². The Morgan fingerprint density at radius 1 is 0.646 bits per heavy atom. The van der Waals surface area contributed by atoms with E-state index in [1.165, 1.54) is 0 Å². The molecule has 3 atom stereocenters. The van der Waals surface area contributed by atoms with Gasteiger partial charge in [-0.15, -0.1) is 0 Å². The van der Waals surface area contributed by atoms with Crippen LogP contribution in [0.2, 0.25) is 0 Å². The summed E-state index contributed by atoms with van der Waals surface area (Å²) in [7, 11) is 0. The molecule has 0 aliphatic rings. The first kappa shape index (κ1) is 33.9. The van der Waals surface area contributed by atoms with Crippen molar-refractivity contribution in [3.05, 3.63) is 132 Å². The van der Waals surface area contributed by atoms with Gasteiger partial charge in [0.1, 0.15) is 25.0 Å². The lowest BCUT2D eigenvalue weighted by Crippen LogP contribution is -2.56. The van der Waals surface area contributed by atoms with Gasteiger partial charge in [-0.25, -0.2) is 4.79 Å². The topological polar surface area (TPSA) is 114 Å². The van der Waals surface area contributed by atoms with E-state index in [0.717, 1.165) is 44.5 Å². The molecule has 8 heteroatoms. The van der Waals surface area contributed by atoms with Gasteiger partial charge in [-0.1, -0.05) is 129 Å². The predicted octanol–water partition coefficient (Wildman–Crippen LogP) is 6.29. The highest BCUT2D eigenvalue weighted by Crippen LogP contribution is 2.21. The molecule has 246 valence electrons. The number of alkyl carbamates (subject to hydrolysis) is 1. The van der Waals surface area contributed by atoms with Crippen molar-refractivity contribution in [2.45, 2.75) is 57.8 Å². The second-order valence-electron chi connectivity index (χ2n) is 12.4. The zero-order valence-electron chi connectivity index (χ0n) is 27.2. The van der Waals surface area contributed by atoms with Gasteiger partial charge in [0.15, 0.2) is 0 Å². The Morgan fingerprint density at radius 3 is 2.04 bits per heavy atom. The second-order valence-corrected chi connectivity index (χ2v) is 12.4. The predicted molar refractivity (Wildman–Crippen MR) is 188 cm³/mol. The summed E-state index contributed by atoms with van der Waals surface area (Å²) in [6.45, 7) is 3.97. The van der Waals surface area contributed by atoms with Gasteiger partial charge in [0.2, 0.25) is 11.8 Å². The summed E-state index contributed by atoms with van der Waals surface area (Å²) in [5.74, 6) is -0.860. The van der Waals surface area contributed by atoms with Crippen LogP contribution < -0.4 is 16.0 Å². The van der Waals surface area contributed by atoms with E-state index in [0.29, 0.717) is 6.42 Å². The van der Waals surface area contributed by atoms with Crippen LogP contribution in [0.5, 0.6) is 0 Å². The molecule has 0 bridgehead atoms. The summed E-state index contributed by atoms with van der Waals surface area (Å²) in [5.41, 5.74) is 2.49. The van der Waals surface area contributed by atoms with Crippen molar-refractivity contribution in [1.82, 2.24) is 16.0 Å². The lowest BCUT2D eigenvalue weighted by Gasteiger charge is -2.25. The number of rotatable bonds is 14. The molecule has 0 radical (unpaired) electrons. The van der Waals surface area contributed by atoms with Gasteiger partial charge < -0.3 is 25.5 Å². The summed E-state index contributed by atoms with van der Waals surface area (Å²) >= 11 is 0. The van der Waals surface area contributed by atoms with Crippen LogP contribution in [0.25, 0.3) is 21.5 Å². The van der Waals surface area contributed by atoms with Gasteiger partial charge in [0.05, 0.1) is 6.04 Å². The van der Waals surface area contributed by atoms with Crippen molar-refractivity contribution in [2.75, 3.05) is 0 Å². The number of hydrogen-bond acceptors (Lipinski definition) is 5. The first-order valence-corrected chi connectivity index (χ1v) is 16.3. The fraction of sp³-hybridized carbons (Fsp3) is 0.250. The average Bonchev–Trinajstić information content (AvgIpc) is 3.10. The smallest absolute Gasteiger partial charge is 0.408 e. The van der Waals surface area contributed by atoms with Crippen molar-refractivity contribution in [2.24, 2.45) is 5.92 Å². The molecule has 48 heavy (non-hydrogen) atoms. The van der Waals surface area contributed by atoms with Gasteiger partial charge in [-0.2, -0.15) is 0 Å². The number of amides is 3. The fourth-order valence-corrected chi connectivity index (χ4v) is 5.83. The number of carbonyl (C=O) groups excluding carboxylic acids is 4. The number of aldehydes is 1. The molecule has 5 aromatic rings. The summed E-state index contributed by atoms with van der Waals surface area (Å²) in [6.07, 6.45) is 0.760. The normalized spacial score (nSPS) is 13.0. The van der Waals surface area contributed by atoms with Crippen molar-refractivity contribution < 1.29 is 23.9 Å². The minimum Gasteiger partial charge on any atom is -0.445 e. The number of carbonyl (C=O) groups is 4. The first-order valence-electron chi connectivity index (χ1n) is 16.3. The maximum Gasteiger partial charge on any atom is 0.408 e. The molecule has 5 rings (SSSR count). The van der Waals surface area contributed by atoms with Gasteiger partial charge >= 0.3 is 6.09 Å². The average molecular weight is 644 g/mol. The number of fused-ring (bicyclic) bond motifs is 2. The molecule has 0 aliphatic heterocycles. The Balaban J connectivity index is 1.41. The third kappa shape index (κ3) is 9.28. The van der Waals surface area contributed by atoms with Gasteiger partial charge in [0, 0.05) is 12.8 Å². The van der Waals surface area contributed by atoms with E-state index in [9.17, 15) is 19.2 Å². The molecule has 0 saturated carbocycles. The lowest BCUT2D eigenvalue weighted by atomic mass is 9.97. The van der Waals surface area contributed by atoms with Gasteiger partial charge in [0.25, 0.3) is 0 Å². The molecule has 0 aliphatic carbocycles. The van der Waals surface area contributed by atoms with E-state index in [-0.39, 0.29) is 25.4 Å². The second kappa shape index (κ2) is 16.4. The van der Waals surface area contributed by atoms with Crippen LogP contribution in [-0.2, 0) is 38.6 Å². The molecular weight excluding hydrogens is 602 g/mol. The molecule has 0 spiro atoms. The van der Waals surface area contributed by atoms with Gasteiger partial charge in [-0.05, 0) is 50.6 Å². The van der Waals surface area contributed by atoms with Crippen LogP contribution in [0, 0.1) is 5.92 Å². The first-order chi connectivity index (χ1) is 23.3. The van der Waals surface area contributed by atoms with Crippen LogP contribution in [0.15, 0.2) is 115 Å². The third-order valence-corrected chi connectivity index (χ3v) is 8.23. The lowest BCUT2D eigenvalue weighted by molar-refractivity contribution is -0.131. The van der Waals surface area contributed by atoms with Crippen LogP contribution in [-0.4, -0.2) is 42.3 Å². The molecular formula is C40H41N3O5. The number of nitrogens with one attached hydrogen (secondary N) is 3. The van der Waals surface area contributed by atoms with E-state index in [2.05, 4.69) is 16.0 Å². The Hall–Kier alpha value is -5.50. The molecule has 0 heterocycles. The summed E-state index contributed by atoms with van der Waals surface area (Å²) in [4.78, 5) is 52.8. The Kier molecular flexibility index (Phi) is 11.5. The molecule has 0 aromatic heterocycles. The van der Waals surface area contributed by atoms with Crippen molar-refractivity contribution in [1.29, 1.82) is 0 Å². The van der Waals surface area contributed by atoms with E-state index >= 15 is 0 Å². The quantitative estimate of drug-likeness (QED) is 0.123. The van der Waals surface area contributed by atoms with Crippen LogP contribution in [0.3, 0.4) is 0 Å². The Labute approximate surface area is 280 Å². The number of ether oxygens (including phenoxy) is 1. The monoisotopic (exact) mass is 643 g/mol. The van der Waals surface area contributed by atoms with E-state index in [1.54, 1.807) is 0 Å². The maximum atomic E-state index is 14.1. The SMILES string of the molecule is CC(C)C[C@@H](C=O)NC(=O)C(Cc1cccc2ccccc12)NC(=O)[C@H](Cc1ccc2ccccc2c1)NC(=O)OCc1ccccc1. The molecule has 3 amide bonds. The molecule has 5 aromatic carbocycles. The van der Waals surface area contributed by atoms with Crippen LogP contribution in [0.4, 0.5) is 4.79 Å². The van der Waals surface area contributed by atoms with E-state index in [1.807, 2.05) is 129 Å².